The Hall–Kier alpha value is -1.29. The van der Waals surface area contributed by atoms with Crippen LogP contribution in [0, 0.1) is 5.82 Å². The van der Waals surface area contributed by atoms with E-state index in [0.29, 0.717) is 15.6 Å². The van der Waals surface area contributed by atoms with Gasteiger partial charge in [-0.15, -0.1) is 0 Å². The van der Waals surface area contributed by atoms with Crippen LogP contribution in [-0.4, -0.2) is 0 Å². The minimum atomic E-state index is -2.59. The van der Waals surface area contributed by atoms with E-state index in [4.69, 9.17) is 0 Å². The van der Waals surface area contributed by atoms with Gasteiger partial charge in [0.2, 0.25) is 0 Å². The van der Waals surface area contributed by atoms with Crippen LogP contribution in [0.2, 0.25) is 0 Å². The molecule has 0 saturated heterocycles. The highest BCUT2D eigenvalue weighted by atomic mass is 79.9. The molecule has 0 N–H and O–H groups in total. The van der Waals surface area contributed by atoms with Gasteiger partial charge in [0.25, 0.3) is 6.43 Å². The van der Waals surface area contributed by atoms with Gasteiger partial charge in [0.1, 0.15) is 5.82 Å². The molecule has 0 aromatic heterocycles. The third-order valence-electron chi connectivity index (χ3n) is 2.38. The Morgan fingerprint density at radius 3 is 2.41 bits per heavy atom. The van der Waals surface area contributed by atoms with Gasteiger partial charge in [-0.05, 0) is 35.4 Å². The molecule has 0 amide bonds. The van der Waals surface area contributed by atoms with E-state index < -0.39 is 12.2 Å². The predicted molar refractivity (Wildman–Crippen MR) is 64.5 cm³/mol. The highest BCUT2D eigenvalue weighted by Crippen LogP contribution is 2.33. The van der Waals surface area contributed by atoms with Crippen molar-refractivity contribution >= 4 is 15.9 Å². The summed E-state index contributed by atoms with van der Waals surface area (Å²) in [5, 5.41) is 0. The Kier molecular flexibility index (Phi) is 3.52. The molecular formula is C13H8BrF3. The fraction of sp³-hybridized carbons (Fsp3) is 0.0769. The molecule has 0 aliphatic heterocycles. The minimum absolute atomic E-state index is 0.107. The lowest BCUT2D eigenvalue weighted by Gasteiger charge is -2.09. The Balaban J connectivity index is 2.59. The first kappa shape index (κ1) is 12.2. The fourth-order valence-corrected chi connectivity index (χ4v) is 2.01. The lowest BCUT2D eigenvalue weighted by Crippen LogP contribution is -1.91. The lowest BCUT2D eigenvalue weighted by atomic mass is 10.00. The number of alkyl halides is 2. The van der Waals surface area contributed by atoms with E-state index in [1.165, 1.54) is 24.3 Å². The summed E-state index contributed by atoms with van der Waals surface area (Å²) < 4.78 is 39.4. The topological polar surface area (TPSA) is 0 Å². The fourth-order valence-electron chi connectivity index (χ4n) is 1.63. The average molecular weight is 301 g/mol. The van der Waals surface area contributed by atoms with E-state index in [1.807, 2.05) is 0 Å². The van der Waals surface area contributed by atoms with Gasteiger partial charge in [0.15, 0.2) is 0 Å². The van der Waals surface area contributed by atoms with Crippen molar-refractivity contribution in [2.24, 2.45) is 0 Å². The molecule has 0 aliphatic rings. The maximum Gasteiger partial charge on any atom is 0.264 e. The highest BCUT2D eigenvalue weighted by Gasteiger charge is 2.14. The second-order valence-corrected chi connectivity index (χ2v) is 4.46. The Bertz CT molecular complexity index is 538. The first-order valence-corrected chi connectivity index (χ1v) is 5.71. The normalized spacial score (nSPS) is 10.9. The van der Waals surface area contributed by atoms with Gasteiger partial charge in [0.05, 0.1) is 0 Å². The summed E-state index contributed by atoms with van der Waals surface area (Å²) in [6.45, 7) is 0. The zero-order chi connectivity index (χ0) is 12.4. The third-order valence-corrected chi connectivity index (χ3v) is 2.88. The summed E-state index contributed by atoms with van der Waals surface area (Å²) in [7, 11) is 0. The Morgan fingerprint density at radius 1 is 1.00 bits per heavy atom. The number of benzene rings is 2. The van der Waals surface area contributed by atoms with Gasteiger partial charge < -0.3 is 0 Å². The van der Waals surface area contributed by atoms with Crippen molar-refractivity contribution in [3.05, 3.63) is 58.3 Å². The van der Waals surface area contributed by atoms with Gasteiger partial charge in [-0.2, -0.15) is 0 Å². The molecule has 0 spiro atoms. The molecule has 0 radical (unpaired) electrons. The molecule has 2 rings (SSSR count). The molecule has 0 bridgehead atoms. The molecule has 0 nitrogen and oxygen atoms in total. The van der Waals surface area contributed by atoms with Crippen LogP contribution in [0.15, 0.2) is 46.9 Å². The quantitative estimate of drug-likeness (QED) is 0.716. The third kappa shape index (κ3) is 2.69. The van der Waals surface area contributed by atoms with E-state index in [1.54, 1.807) is 18.2 Å². The van der Waals surface area contributed by atoms with Gasteiger partial charge >= 0.3 is 0 Å². The van der Waals surface area contributed by atoms with Gasteiger partial charge in [0, 0.05) is 10.0 Å². The second-order valence-electron chi connectivity index (χ2n) is 3.54. The Labute approximate surface area is 105 Å². The van der Waals surface area contributed by atoms with Crippen LogP contribution in [0.25, 0.3) is 11.1 Å². The van der Waals surface area contributed by atoms with Crippen molar-refractivity contribution in [2.75, 3.05) is 0 Å². The predicted octanol–water partition coefficient (Wildman–Crippen LogP) is 5.19. The van der Waals surface area contributed by atoms with Crippen LogP contribution in [0.4, 0.5) is 13.2 Å². The molecule has 0 saturated carbocycles. The maximum absolute atomic E-state index is 13.1. The van der Waals surface area contributed by atoms with Crippen LogP contribution < -0.4 is 0 Å². The number of halogens is 4. The molecule has 0 atom stereocenters. The van der Waals surface area contributed by atoms with E-state index in [-0.39, 0.29) is 5.56 Å². The zero-order valence-electron chi connectivity index (χ0n) is 8.63. The van der Waals surface area contributed by atoms with Crippen molar-refractivity contribution in [2.45, 2.75) is 6.43 Å². The number of hydrogen-bond donors (Lipinski definition) is 0. The molecule has 88 valence electrons. The average Bonchev–Trinajstić information content (AvgIpc) is 2.28. The molecule has 0 unspecified atom stereocenters. The summed E-state index contributed by atoms with van der Waals surface area (Å²) in [5.41, 5.74) is 0.695. The minimum Gasteiger partial charge on any atom is -0.207 e. The molecule has 17 heavy (non-hydrogen) atoms. The maximum atomic E-state index is 13.1. The lowest BCUT2D eigenvalue weighted by molar-refractivity contribution is 0.152. The van der Waals surface area contributed by atoms with Crippen molar-refractivity contribution in [1.29, 1.82) is 0 Å². The van der Waals surface area contributed by atoms with Gasteiger partial charge in [-0.3, -0.25) is 0 Å². The number of hydrogen-bond acceptors (Lipinski definition) is 0. The zero-order valence-corrected chi connectivity index (χ0v) is 10.2. The highest BCUT2D eigenvalue weighted by molar-refractivity contribution is 9.10. The summed E-state index contributed by atoms with van der Waals surface area (Å²) in [4.78, 5) is 0. The molecule has 0 aliphatic carbocycles. The SMILES string of the molecule is Fc1cccc(-c2ccc(Br)cc2C(F)F)c1. The largest absolute Gasteiger partial charge is 0.264 e. The molecule has 4 heteroatoms. The second kappa shape index (κ2) is 4.92. The molecule has 0 fully saturated rings. The smallest absolute Gasteiger partial charge is 0.207 e. The molecule has 0 heterocycles. The van der Waals surface area contributed by atoms with Gasteiger partial charge in [-0.1, -0.05) is 34.1 Å². The van der Waals surface area contributed by atoms with Crippen LogP contribution in [0.5, 0.6) is 0 Å². The van der Waals surface area contributed by atoms with Crippen molar-refractivity contribution in [1.82, 2.24) is 0 Å². The van der Waals surface area contributed by atoms with Crippen LogP contribution >= 0.6 is 15.9 Å². The first-order chi connectivity index (χ1) is 8.08. The standard InChI is InChI=1S/C13H8BrF3/c14-9-4-5-11(12(7-9)13(16)17)8-2-1-3-10(15)6-8/h1-7,13H. The molecule has 2 aromatic carbocycles. The van der Waals surface area contributed by atoms with E-state index in [0.717, 1.165) is 0 Å². The molecular weight excluding hydrogens is 293 g/mol. The molecule has 2 aromatic rings. The van der Waals surface area contributed by atoms with E-state index in [2.05, 4.69) is 15.9 Å². The van der Waals surface area contributed by atoms with Crippen molar-refractivity contribution < 1.29 is 13.2 Å². The van der Waals surface area contributed by atoms with Gasteiger partial charge in [-0.25, -0.2) is 13.2 Å². The van der Waals surface area contributed by atoms with Crippen LogP contribution in [0.3, 0.4) is 0 Å². The van der Waals surface area contributed by atoms with Crippen molar-refractivity contribution in [3.63, 3.8) is 0 Å². The van der Waals surface area contributed by atoms with Crippen LogP contribution in [0.1, 0.15) is 12.0 Å². The summed E-state index contributed by atoms with van der Waals surface area (Å²) in [6, 6.07) is 10.2. The monoisotopic (exact) mass is 300 g/mol. The number of rotatable bonds is 2. The van der Waals surface area contributed by atoms with E-state index in [9.17, 15) is 13.2 Å². The Morgan fingerprint density at radius 2 is 1.76 bits per heavy atom. The first-order valence-electron chi connectivity index (χ1n) is 4.91. The summed E-state index contributed by atoms with van der Waals surface area (Å²) >= 11 is 3.14. The summed E-state index contributed by atoms with van der Waals surface area (Å²) in [6.07, 6.45) is -2.59. The van der Waals surface area contributed by atoms with Crippen molar-refractivity contribution in [3.8, 4) is 11.1 Å². The summed E-state index contributed by atoms with van der Waals surface area (Å²) in [5.74, 6) is -0.439. The van der Waals surface area contributed by atoms with E-state index >= 15 is 0 Å². The van der Waals surface area contributed by atoms with Crippen LogP contribution in [-0.2, 0) is 0 Å².